The second kappa shape index (κ2) is 11.4. The van der Waals surface area contributed by atoms with Gasteiger partial charge in [-0.3, -0.25) is 22.0 Å². The average Bonchev–Trinajstić information content (AvgIpc) is 2.75. The number of hydrogen-bond donors (Lipinski definition) is 4. The van der Waals surface area contributed by atoms with Gasteiger partial charge in [-0.25, -0.2) is 0 Å². The summed E-state index contributed by atoms with van der Waals surface area (Å²) in [5, 5.41) is 16.3. The van der Waals surface area contributed by atoms with Crippen molar-refractivity contribution in [2.75, 3.05) is 31.1 Å². The number of rotatable bonds is 7. The van der Waals surface area contributed by atoms with Gasteiger partial charge in [0.25, 0.3) is 0 Å². The van der Waals surface area contributed by atoms with Gasteiger partial charge in [-0.2, -0.15) is 10.2 Å². The summed E-state index contributed by atoms with van der Waals surface area (Å²) in [6, 6.07) is 7.98. The summed E-state index contributed by atoms with van der Waals surface area (Å²) in [5.74, 6) is 8.96. The molecule has 3 rings (SSSR count). The van der Waals surface area contributed by atoms with E-state index in [1.807, 2.05) is 38.1 Å². The molecule has 7 N–H and O–H groups in total. The van der Waals surface area contributed by atoms with Crippen molar-refractivity contribution in [2.45, 2.75) is 39.8 Å². The van der Waals surface area contributed by atoms with E-state index < -0.39 is 0 Å². The predicted octanol–water partition coefficient (Wildman–Crippen LogP) is 1.50. The van der Waals surface area contributed by atoms with Crippen LogP contribution in [-0.4, -0.2) is 53.2 Å². The normalized spacial score (nSPS) is 14.3. The minimum Gasteiger partial charge on any atom is -0.491 e. The third-order valence-electron chi connectivity index (χ3n) is 4.92. The second-order valence-corrected chi connectivity index (χ2v) is 7.39. The maximum Gasteiger partial charge on any atom is 0.125 e. The quantitative estimate of drug-likeness (QED) is 0.230. The summed E-state index contributed by atoms with van der Waals surface area (Å²) >= 11 is 0. The Morgan fingerprint density at radius 3 is 2.47 bits per heavy atom. The lowest BCUT2D eigenvalue weighted by Crippen LogP contribution is -2.46. The number of nitrogens with zero attached hydrogens (tertiary/aromatic N) is 4. The zero-order chi connectivity index (χ0) is 22.1. The summed E-state index contributed by atoms with van der Waals surface area (Å²) in [6.07, 6.45) is 2.61. The SMILES string of the molecule is CCc1cc(OC(C)C)cc(N2CCN(Cc3cccnn3)CC2)c1C(=N)N.NN.[HH]. The molecule has 9 heteroatoms. The van der Waals surface area contributed by atoms with E-state index in [1.165, 1.54) is 0 Å². The highest BCUT2D eigenvalue weighted by Gasteiger charge is 2.23. The lowest BCUT2D eigenvalue weighted by Gasteiger charge is -2.37. The molecule has 2 heterocycles. The molecule has 0 unspecified atom stereocenters. The number of nitrogens with two attached hydrogens (primary N) is 3. The van der Waals surface area contributed by atoms with Gasteiger partial charge in [0.1, 0.15) is 11.6 Å². The standard InChI is InChI=1S/C21H30N6O.H4N2.H2/c1-4-16-12-18(28-15(2)3)13-19(20(16)21(22)23)27-10-8-26(9-11-27)14-17-6-5-7-24-25-17;1-2;/h5-7,12-13,15H,4,8-11,14H2,1-3H3,(H3,22,23);1-2H2;1H. The lowest BCUT2D eigenvalue weighted by atomic mass is 10.00. The van der Waals surface area contributed by atoms with Crippen LogP contribution in [0.25, 0.3) is 0 Å². The Morgan fingerprint density at radius 2 is 1.93 bits per heavy atom. The molecule has 166 valence electrons. The highest BCUT2D eigenvalue weighted by Crippen LogP contribution is 2.31. The molecule has 0 amide bonds. The summed E-state index contributed by atoms with van der Waals surface area (Å²) < 4.78 is 5.96. The molecule has 1 aromatic heterocycles. The first-order chi connectivity index (χ1) is 14.5. The van der Waals surface area contributed by atoms with Crippen molar-refractivity contribution in [3.05, 3.63) is 47.3 Å². The number of aryl methyl sites for hydroxylation is 1. The zero-order valence-electron chi connectivity index (χ0n) is 18.1. The van der Waals surface area contributed by atoms with E-state index >= 15 is 0 Å². The topological polar surface area (TPSA) is 143 Å². The number of aromatic nitrogens is 2. The van der Waals surface area contributed by atoms with Gasteiger partial charge in [0.2, 0.25) is 0 Å². The van der Waals surface area contributed by atoms with Crippen LogP contribution >= 0.6 is 0 Å². The molecule has 1 fully saturated rings. The Morgan fingerprint density at radius 1 is 1.23 bits per heavy atom. The molecule has 0 radical (unpaired) electrons. The van der Waals surface area contributed by atoms with Crippen molar-refractivity contribution in [2.24, 2.45) is 17.4 Å². The number of piperazine rings is 1. The van der Waals surface area contributed by atoms with Gasteiger partial charge in [0.05, 0.1) is 17.5 Å². The van der Waals surface area contributed by atoms with Crippen LogP contribution in [0.1, 0.15) is 39.0 Å². The molecule has 0 aliphatic carbocycles. The summed E-state index contributed by atoms with van der Waals surface area (Å²) in [7, 11) is 0. The lowest BCUT2D eigenvalue weighted by molar-refractivity contribution is 0.240. The zero-order valence-corrected chi connectivity index (χ0v) is 18.1. The van der Waals surface area contributed by atoms with Gasteiger partial charge >= 0.3 is 0 Å². The number of hydrazine groups is 1. The average molecular weight is 417 g/mol. The fourth-order valence-electron chi connectivity index (χ4n) is 3.63. The van der Waals surface area contributed by atoms with Crippen molar-refractivity contribution < 1.29 is 6.16 Å². The maximum atomic E-state index is 8.12. The molecule has 1 aliphatic heterocycles. The van der Waals surface area contributed by atoms with Crippen LogP contribution in [0.2, 0.25) is 0 Å². The van der Waals surface area contributed by atoms with Crippen LogP contribution in [0.15, 0.2) is 30.5 Å². The molecule has 2 aromatic rings. The van der Waals surface area contributed by atoms with E-state index in [1.54, 1.807) is 6.20 Å². The Labute approximate surface area is 180 Å². The molecule has 30 heavy (non-hydrogen) atoms. The van der Waals surface area contributed by atoms with Gasteiger partial charge in [-0.1, -0.05) is 6.92 Å². The van der Waals surface area contributed by atoms with E-state index in [2.05, 4.69) is 38.6 Å². The van der Waals surface area contributed by atoms with E-state index in [-0.39, 0.29) is 13.4 Å². The fraction of sp³-hybridized carbons (Fsp3) is 0.476. The maximum absolute atomic E-state index is 8.12. The molecule has 0 bridgehead atoms. The summed E-state index contributed by atoms with van der Waals surface area (Å²) in [4.78, 5) is 4.69. The van der Waals surface area contributed by atoms with Gasteiger partial charge in [-0.15, -0.1) is 0 Å². The number of hydrogen-bond acceptors (Lipinski definition) is 8. The second-order valence-electron chi connectivity index (χ2n) is 7.39. The smallest absolute Gasteiger partial charge is 0.125 e. The molecule has 0 spiro atoms. The summed E-state index contributed by atoms with van der Waals surface area (Å²) in [5.41, 5.74) is 9.85. The van der Waals surface area contributed by atoms with Crippen molar-refractivity contribution >= 4 is 11.5 Å². The number of nitrogens with one attached hydrogen (secondary N) is 1. The van der Waals surface area contributed by atoms with E-state index in [4.69, 9.17) is 15.9 Å². The van der Waals surface area contributed by atoms with Crippen LogP contribution in [0, 0.1) is 5.41 Å². The first kappa shape index (κ1) is 23.5. The van der Waals surface area contributed by atoms with Crippen molar-refractivity contribution in [1.29, 1.82) is 5.41 Å². The van der Waals surface area contributed by atoms with Crippen LogP contribution in [-0.2, 0) is 13.0 Å². The fourth-order valence-corrected chi connectivity index (χ4v) is 3.63. The van der Waals surface area contributed by atoms with E-state index in [0.29, 0.717) is 0 Å². The monoisotopic (exact) mass is 416 g/mol. The van der Waals surface area contributed by atoms with Crippen molar-refractivity contribution in [1.82, 2.24) is 15.1 Å². The van der Waals surface area contributed by atoms with E-state index in [9.17, 15) is 0 Å². The molecular formula is C21H36N8O. The summed E-state index contributed by atoms with van der Waals surface area (Å²) in [6.45, 7) is 10.5. The van der Waals surface area contributed by atoms with Gasteiger partial charge in [-0.05, 0) is 44.0 Å². The van der Waals surface area contributed by atoms with Crippen LogP contribution in [0.4, 0.5) is 5.69 Å². The minimum atomic E-state index is 0. The molecule has 1 saturated heterocycles. The molecule has 0 saturated carbocycles. The van der Waals surface area contributed by atoms with Gasteiger partial charge in [0, 0.05) is 52.0 Å². The molecule has 0 atom stereocenters. The first-order valence-electron chi connectivity index (χ1n) is 10.2. The number of anilines is 1. The third-order valence-corrected chi connectivity index (χ3v) is 4.92. The predicted molar refractivity (Wildman–Crippen MR) is 123 cm³/mol. The largest absolute Gasteiger partial charge is 0.491 e. The highest BCUT2D eigenvalue weighted by molar-refractivity contribution is 6.02. The van der Waals surface area contributed by atoms with Crippen molar-refractivity contribution in [3.8, 4) is 5.75 Å². The van der Waals surface area contributed by atoms with E-state index in [0.717, 1.165) is 67.4 Å². The molecule has 1 aromatic carbocycles. The van der Waals surface area contributed by atoms with Gasteiger partial charge < -0.3 is 15.4 Å². The molecule has 1 aliphatic rings. The van der Waals surface area contributed by atoms with Crippen LogP contribution in [0.3, 0.4) is 0 Å². The Hall–Kier alpha value is -2.75. The third kappa shape index (κ3) is 6.12. The minimum absolute atomic E-state index is 0. The number of amidine groups is 1. The molecular weight excluding hydrogens is 380 g/mol. The molecule has 9 nitrogen and oxygen atoms in total. The van der Waals surface area contributed by atoms with Crippen LogP contribution in [0.5, 0.6) is 5.75 Å². The van der Waals surface area contributed by atoms with Crippen molar-refractivity contribution in [3.63, 3.8) is 0 Å². The highest BCUT2D eigenvalue weighted by atomic mass is 16.5. The Kier molecular flexibility index (Phi) is 8.97. The Bertz CT molecular complexity index is 811. The van der Waals surface area contributed by atoms with Crippen LogP contribution < -0.4 is 27.1 Å². The number of benzene rings is 1. The first-order valence-corrected chi connectivity index (χ1v) is 10.2. The Balaban J connectivity index is 0.00000156. The van der Waals surface area contributed by atoms with Gasteiger partial charge in [0.15, 0.2) is 0 Å². The number of ether oxygens (including phenoxy) is 1. The number of nitrogen functional groups attached to an aromatic ring is 1.